The van der Waals surface area contributed by atoms with Gasteiger partial charge in [-0.25, -0.2) is 9.67 Å². The quantitative estimate of drug-likeness (QED) is 0.763. The molecule has 0 fully saturated rings. The summed E-state index contributed by atoms with van der Waals surface area (Å²) in [4.78, 5) is 4.33. The van der Waals surface area contributed by atoms with Gasteiger partial charge in [0.15, 0.2) is 5.82 Å². The van der Waals surface area contributed by atoms with Crippen LogP contribution in [0.3, 0.4) is 0 Å². The molecule has 0 aliphatic carbocycles. The lowest BCUT2D eigenvalue weighted by molar-refractivity contribution is 0.644. The van der Waals surface area contributed by atoms with E-state index < -0.39 is 0 Å². The molecule has 4 heteroatoms. The van der Waals surface area contributed by atoms with Gasteiger partial charge in [0.25, 0.3) is 0 Å². The smallest absolute Gasteiger partial charge is 0.155 e. The molecular formula is C11H14N4. The van der Waals surface area contributed by atoms with E-state index in [2.05, 4.69) is 35.2 Å². The molecule has 2 aromatic rings. The van der Waals surface area contributed by atoms with Crippen LogP contribution < -0.4 is 0 Å². The summed E-state index contributed by atoms with van der Waals surface area (Å²) in [6.07, 6.45) is 6.38. The predicted molar refractivity (Wildman–Crippen MR) is 57.7 cm³/mol. The first kappa shape index (κ1) is 9.83. The maximum atomic E-state index is 4.33. The van der Waals surface area contributed by atoms with E-state index in [0.717, 1.165) is 12.2 Å². The molecule has 0 N–H and O–H groups in total. The molecule has 2 aromatic heterocycles. The van der Waals surface area contributed by atoms with Gasteiger partial charge < -0.3 is 0 Å². The molecule has 0 unspecified atom stereocenters. The van der Waals surface area contributed by atoms with Crippen LogP contribution in [0, 0.1) is 5.92 Å². The molecule has 0 saturated carbocycles. The van der Waals surface area contributed by atoms with E-state index >= 15 is 0 Å². The largest absolute Gasteiger partial charge is 0.237 e. The molecule has 0 radical (unpaired) electrons. The van der Waals surface area contributed by atoms with Gasteiger partial charge in [-0.1, -0.05) is 25.1 Å². The summed E-state index contributed by atoms with van der Waals surface area (Å²) < 4.78 is 1.65. The van der Waals surface area contributed by atoms with E-state index in [4.69, 9.17) is 0 Å². The van der Waals surface area contributed by atoms with Crippen LogP contribution in [0.2, 0.25) is 0 Å². The molecule has 2 rings (SSSR count). The number of pyridine rings is 1. The molecule has 0 saturated heterocycles. The van der Waals surface area contributed by atoms with E-state index in [-0.39, 0.29) is 0 Å². The van der Waals surface area contributed by atoms with Gasteiger partial charge in [-0.15, -0.1) is 5.10 Å². The fourth-order valence-electron chi connectivity index (χ4n) is 1.47. The number of nitrogens with zero attached hydrogens (tertiary/aromatic N) is 4. The van der Waals surface area contributed by atoms with Crippen molar-refractivity contribution in [3.05, 3.63) is 36.3 Å². The SMILES string of the molecule is CC(C)Cc1ccc(-n2ccnn2)nc1. The molecule has 0 bridgehead atoms. The molecule has 0 amide bonds. The van der Waals surface area contributed by atoms with Crippen LogP contribution in [0.1, 0.15) is 19.4 Å². The van der Waals surface area contributed by atoms with Gasteiger partial charge in [0, 0.05) is 6.20 Å². The van der Waals surface area contributed by atoms with Crippen molar-refractivity contribution in [2.75, 3.05) is 0 Å². The van der Waals surface area contributed by atoms with Crippen molar-refractivity contribution in [2.45, 2.75) is 20.3 Å². The maximum absolute atomic E-state index is 4.33. The molecule has 0 aliphatic heterocycles. The van der Waals surface area contributed by atoms with E-state index in [1.807, 2.05) is 12.3 Å². The Bertz CT molecular complexity index is 403. The number of rotatable bonds is 3. The Morgan fingerprint density at radius 2 is 2.20 bits per heavy atom. The van der Waals surface area contributed by atoms with E-state index in [1.54, 1.807) is 17.1 Å². The normalized spacial score (nSPS) is 10.9. The van der Waals surface area contributed by atoms with Crippen molar-refractivity contribution in [1.29, 1.82) is 0 Å². The lowest BCUT2D eigenvalue weighted by atomic mass is 10.1. The van der Waals surface area contributed by atoms with Crippen LogP contribution in [0.5, 0.6) is 0 Å². The van der Waals surface area contributed by atoms with Crippen molar-refractivity contribution < 1.29 is 0 Å². The number of hydrogen-bond donors (Lipinski definition) is 0. The van der Waals surface area contributed by atoms with Gasteiger partial charge in [0.05, 0.1) is 12.4 Å². The Morgan fingerprint density at radius 3 is 2.73 bits per heavy atom. The summed E-state index contributed by atoms with van der Waals surface area (Å²) in [6, 6.07) is 4.05. The third-order valence-electron chi connectivity index (χ3n) is 2.11. The van der Waals surface area contributed by atoms with Crippen LogP contribution in [-0.4, -0.2) is 20.0 Å². The Balaban J connectivity index is 2.17. The summed E-state index contributed by atoms with van der Waals surface area (Å²) in [7, 11) is 0. The topological polar surface area (TPSA) is 43.6 Å². The van der Waals surface area contributed by atoms with Gasteiger partial charge in [-0.05, 0) is 24.0 Å². The second-order valence-electron chi connectivity index (χ2n) is 3.97. The summed E-state index contributed by atoms with van der Waals surface area (Å²) >= 11 is 0. The first-order valence-corrected chi connectivity index (χ1v) is 5.07. The summed E-state index contributed by atoms with van der Waals surface area (Å²) in [6.45, 7) is 4.40. The van der Waals surface area contributed by atoms with E-state index in [0.29, 0.717) is 5.92 Å². The Labute approximate surface area is 89.0 Å². The van der Waals surface area contributed by atoms with Gasteiger partial charge >= 0.3 is 0 Å². The highest BCUT2D eigenvalue weighted by Gasteiger charge is 2.00. The lowest BCUT2D eigenvalue weighted by Crippen LogP contribution is -2.00. The van der Waals surface area contributed by atoms with Crippen LogP contribution in [0.4, 0.5) is 0 Å². The average molecular weight is 202 g/mol. The lowest BCUT2D eigenvalue weighted by Gasteiger charge is -2.05. The summed E-state index contributed by atoms with van der Waals surface area (Å²) in [5.41, 5.74) is 1.26. The molecular weight excluding hydrogens is 188 g/mol. The number of hydrogen-bond acceptors (Lipinski definition) is 3. The molecule has 78 valence electrons. The highest BCUT2D eigenvalue weighted by Crippen LogP contribution is 2.08. The molecule has 0 aromatic carbocycles. The molecule has 0 aliphatic rings. The third-order valence-corrected chi connectivity index (χ3v) is 2.11. The van der Waals surface area contributed by atoms with Crippen molar-refractivity contribution in [3.8, 4) is 5.82 Å². The molecule has 15 heavy (non-hydrogen) atoms. The van der Waals surface area contributed by atoms with Crippen LogP contribution in [0.15, 0.2) is 30.7 Å². The Kier molecular flexibility index (Phi) is 2.76. The minimum Gasteiger partial charge on any atom is -0.237 e. The van der Waals surface area contributed by atoms with Gasteiger partial charge in [0.2, 0.25) is 0 Å². The summed E-state index contributed by atoms with van der Waals surface area (Å²) in [5.74, 6) is 1.46. The second kappa shape index (κ2) is 4.21. The van der Waals surface area contributed by atoms with Gasteiger partial charge in [-0.3, -0.25) is 0 Å². The molecule has 4 nitrogen and oxygen atoms in total. The number of aromatic nitrogens is 4. The predicted octanol–water partition coefficient (Wildman–Crippen LogP) is 1.86. The zero-order valence-corrected chi connectivity index (χ0v) is 8.96. The first-order valence-electron chi connectivity index (χ1n) is 5.07. The minimum atomic E-state index is 0.657. The zero-order valence-electron chi connectivity index (χ0n) is 8.96. The average Bonchev–Trinajstić information content (AvgIpc) is 2.71. The zero-order chi connectivity index (χ0) is 10.7. The van der Waals surface area contributed by atoms with Crippen molar-refractivity contribution >= 4 is 0 Å². The van der Waals surface area contributed by atoms with Crippen LogP contribution in [0.25, 0.3) is 5.82 Å². The summed E-state index contributed by atoms with van der Waals surface area (Å²) in [5, 5.41) is 7.62. The monoisotopic (exact) mass is 202 g/mol. The Morgan fingerprint density at radius 1 is 1.33 bits per heavy atom. The minimum absolute atomic E-state index is 0.657. The van der Waals surface area contributed by atoms with Crippen molar-refractivity contribution in [2.24, 2.45) is 5.92 Å². The van der Waals surface area contributed by atoms with Gasteiger partial charge in [-0.2, -0.15) is 0 Å². The van der Waals surface area contributed by atoms with Gasteiger partial charge in [0.1, 0.15) is 0 Å². The fourth-order valence-corrected chi connectivity index (χ4v) is 1.47. The molecule has 0 atom stereocenters. The van der Waals surface area contributed by atoms with Crippen LogP contribution in [-0.2, 0) is 6.42 Å². The van der Waals surface area contributed by atoms with Crippen molar-refractivity contribution in [1.82, 2.24) is 20.0 Å². The highest BCUT2D eigenvalue weighted by molar-refractivity contribution is 5.24. The van der Waals surface area contributed by atoms with E-state index in [9.17, 15) is 0 Å². The third kappa shape index (κ3) is 2.40. The standard InChI is InChI=1S/C11H14N4/c1-9(2)7-10-3-4-11(12-8-10)15-6-5-13-14-15/h3-6,8-9H,7H2,1-2H3. The fraction of sp³-hybridized carbons (Fsp3) is 0.364. The first-order chi connectivity index (χ1) is 7.25. The second-order valence-corrected chi connectivity index (χ2v) is 3.97. The highest BCUT2D eigenvalue weighted by atomic mass is 15.4. The van der Waals surface area contributed by atoms with Crippen molar-refractivity contribution in [3.63, 3.8) is 0 Å². The molecule has 2 heterocycles. The maximum Gasteiger partial charge on any atom is 0.155 e. The molecule has 0 spiro atoms. The Hall–Kier alpha value is -1.71. The van der Waals surface area contributed by atoms with E-state index in [1.165, 1.54) is 5.56 Å². The van der Waals surface area contributed by atoms with Crippen LogP contribution >= 0.6 is 0 Å².